The molecule has 0 radical (unpaired) electrons. The number of benzene rings is 2. The first-order valence-electron chi connectivity index (χ1n) is 15.3. The van der Waals surface area contributed by atoms with Crippen LogP contribution in [0.15, 0.2) is 48.5 Å². The van der Waals surface area contributed by atoms with Gasteiger partial charge < -0.3 is 16.4 Å². The Morgan fingerprint density at radius 1 is 0.846 bits per heavy atom. The Morgan fingerprint density at radius 3 is 2.31 bits per heavy atom. The van der Waals surface area contributed by atoms with E-state index in [1.54, 1.807) is 0 Å². The number of hydrogen-bond acceptors (Lipinski definition) is 4. The Morgan fingerprint density at radius 2 is 1.56 bits per heavy atom. The van der Waals surface area contributed by atoms with Crippen molar-refractivity contribution in [3.8, 4) is 0 Å². The lowest BCUT2D eigenvalue weighted by molar-refractivity contribution is -0.120. The van der Waals surface area contributed by atoms with Gasteiger partial charge in [0.15, 0.2) is 0 Å². The van der Waals surface area contributed by atoms with E-state index in [1.165, 1.54) is 24.8 Å². The minimum Gasteiger partial charge on any atom is -0.348 e. The van der Waals surface area contributed by atoms with Gasteiger partial charge in [-0.05, 0) is 87.2 Å². The number of piperidine rings is 1. The number of anilines is 1. The standard InChI is InChI=1S/C33H46N4O2/c34-29-13-7-8-14-30(29)35-33(39)27-15-16-28(31(22-27)36-32(38)26-11-5-2-6-12-26)23-37-19-17-25(18-20-37)21-24-9-3-1-4-10-24/h1,3-4,9-10,15-16,22,25-26,29-30H,2,5-8,11-14,17-21,23,34H2,(H,35,39)(H,36,38). The summed E-state index contributed by atoms with van der Waals surface area (Å²) >= 11 is 0. The molecule has 39 heavy (non-hydrogen) atoms. The van der Waals surface area contributed by atoms with E-state index in [9.17, 15) is 9.59 Å². The zero-order chi connectivity index (χ0) is 27.0. The Balaban J connectivity index is 1.25. The third-order valence-electron chi connectivity index (χ3n) is 9.21. The molecule has 3 aliphatic rings. The van der Waals surface area contributed by atoms with E-state index in [1.807, 2.05) is 18.2 Å². The molecule has 0 spiro atoms. The molecular weight excluding hydrogens is 484 g/mol. The fourth-order valence-electron chi connectivity index (χ4n) is 6.70. The van der Waals surface area contributed by atoms with Crippen LogP contribution in [0.1, 0.15) is 92.1 Å². The van der Waals surface area contributed by atoms with Crippen molar-refractivity contribution in [2.45, 2.75) is 95.7 Å². The van der Waals surface area contributed by atoms with Gasteiger partial charge in [0.25, 0.3) is 5.91 Å². The van der Waals surface area contributed by atoms with E-state index in [4.69, 9.17) is 5.73 Å². The second kappa shape index (κ2) is 13.6. The van der Waals surface area contributed by atoms with Crippen LogP contribution in [0, 0.1) is 11.8 Å². The maximum atomic E-state index is 13.2. The molecule has 2 aliphatic carbocycles. The summed E-state index contributed by atoms with van der Waals surface area (Å²) in [6.07, 6.45) is 13.0. The summed E-state index contributed by atoms with van der Waals surface area (Å²) in [5.41, 5.74) is 10.2. The lowest BCUT2D eigenvalue weighted by atomic mass is 9.88. The molecule has 210 valence electrons. The van der Waals surface area contributed by atoms with Gasteiger partial charge in [-0.15, -0.1) is 0 Å². The van der Waals surface area contributed by atoms with E-state index in [0.717, 1.165) is 88.7 Å². The van der Waals surface area contributed by atoms with Crippen LogP contribution < -0.4 is 16.4 Å². The molecule has 6 heteroatoms. The van der Waals surface area contributed by atoms with Gasteiger partial charge in [0.05, 0.1) is 0 Å². The molecule has 2 aromatic carbocycles. The Labute approximate surface area is 234 Å². The molecule has 0 bridgehead atoms. The molecule has 1 heterocycles. The fraction of sp³-hybridized carbons (Fsp3) is 0.576. The van der Waals surface area contributed by atoms with Gasteiger partial charge >= 0.3 is 0 Å². The normalized spacial score (nSPS) is 23.3. The number of hydrogen-bond donors (Lipinski definition) is 3. The lowest BCUT2D eigenvalue weighted by Crippen LogP contribution is -2.49. The van der Waals surface area contributed by atoms with Crippen LogP contribution in [0.25, 0.3) is 0 Å². The minimum absolute atomic E-state index is 0.0114. The number of carbonyl (C=O) groups excluding carboxylic acids is 2. The molecular formula is C33H46N4O2. The van der Waals surface area contributed by atoms with Crippen LogP contribution in [0.2, 0.25) is 0 Å². The molecule has 3 fully saturated rings. The van der Waals surface area contributed by atoms with Crippen molar-refractivity contribution < 1.29 is 9.59 Å². The zero-order valence-corrected chi connectivity index (χ0v) is 23.4. The van der Waals surface area contributed by atoms with E-state index in [-0.39, 0.29) is 29.8 Å². The van der Waals surface area contributed by atoms with Crippen LogP contribution in [-0.2, 0) is 17.8 Å². The number of rotatable bonds is 8. The van der Waals surface area contributed by atoms with Gasteiger partial charge in [-0.1, -0.05) is 68.5 Å². The van der Waals surface area contributed by atoms with Crippen molar-refractivity contribution in [1.29, 1.82) is 0 Å². The molecule has 2 aromatic rings. The van der Waals surface area contributed by atoms with Crippen molar-refractivity contribution in [3.05, 3.63) is 65.2 Å². The molecule has 2 saturated carbocycles. The van der Waals surface area contributed by atoms with Gasteiger partial charge in [-0.2, -0.15) is 0 Å². The summed E-state index contributed by atoms with van der Waals surface area (Å²) < 4.78 is 0. The quantitative estimate of drug-likeness (QED) is 0.411. The topological polar surface area (TPSA) is 87.5 Å². The highest BCUT2D eigenvalue weighted by Gasteiger charge is 2.26. The molecule has 2 atom stereocenters. The maximum Gasteiger partial charge on any atom is 0.251 e. The van der Waals surface area contributed by atoms with Crippen molar-refractivity contribution in [2.24, 2.45) is 17.6 Å². The Bertz CT molecular complexity index is 1090. The molecule has 1 saturated heterocycles. The second-order valence-corrected chi connectivity index (χ2v) is 12.1. The number of amides is 2. The largest absolute Gasteiger partial charge is 0.348 e. The summed E-state index contributed by atoms with van der Waals surface area (Å²) in [6, 6.07) is 16.7. The molecule has 4 N–H and O–H groups in total. The van der Waals surface area contributed by atoms with Crippen molar-refractivity contribution in [2.75, 3.05) is 18.4 Å². The molecule has 2 amide bonds. The van der Waals surface area contributed by atoms with Gasteiger partial charge in [0, 0.05) is 35.8 Å². The zero-order valence-electron chi connectivity index (χ0n) is 23.4. The fourth-order valence-corrected chi connectivity index (χ4v) is 6.70. The highest BCUT2D eigenvalue weighted by atomic mass is 16.2. The number of likely N-dealkylation sites (tertiary alicyclic amines) is 1. The maximum absolute atomic E-state index is 13.2. The van der Waals surface area contributed by atoms with Gasteiger partial charge in [-0.25, -0.2) is 0 Å². The lowest BCUT2D eigenvalue weighted by Gasteiger charge is -2.33. The highest BCUT2D eigenvalue weighted by Crippen LogP contribution is 2.29. The van der Waals surface area contributed by atoms with Crippen molar-refractivity contribution in [1.82, 2.24) is 10.2 Å². The van der Waals surface area contributed by atoms with Crippen LogP contribution in [0.4, 0.5) is 5.69 Å². The molecule has 5 rings (SSSR count). The van der Waals surface area contributed by atoms with E-state index >= 15 is 0 Å². The van der Waals surface area contributed by atoms with E-state index in [0.29, 0.717) is 11.5 Å². The first-order chi connectivity index (χ1) is 19.0. The van der Waals surface area contributed by atoms with Crippen LogP contribution >= 0.6 is 0 Å². The second-order valence-electron chi connectivity index (χ2n) is 12.1. The minimum atomic E-state index is -0.0983. The SMILES string of the molecule is NC1CCCCC1NC(=O)c1ccc(CN2CCC(Cc3ccccc3)CC2)c(NC(=O)C2CCCCC2)c1. The summed E-state index contributed by atoms with van der Waals surface area (Å²) in [7, 11) is 0. The smallest absolute Gasteiger partial charge is 0.251 e. The van der Waals surface area contributed by atoms with Gasteiger partial charge in [-0.3, -0.25) is 14.5 Å². The predicted octanol–water partition coefficient (Wildman–Crippen LogP) is 5.66. The van der Waals surface area contributed by atoms with Crippen molar-refractivity contribution in [3.63, 3.8) is 0 Å². The predicted molar refractivity (Wildman–Crippen MR) is 157 cm³/mol. The average molecular weight is 531 g/mol. The van der Waals surface area contributed by atoms with Crippen LogP contribution in [-0.4, -0.2) is 41.9 Å². The van der Waals surface area contributed by atoms with Crippen LogP contribution in [0.3, 0.4) is 0 Å². The molecule has 1 aliphatic heterocycles. The molecule has 2 unspecified atom stereocenters. The number of nitrogens with two attached hydrogens (primary N) is 1. The summed E-state index contributed by atoms with van der Waals surface area (Å²) in [6.45, 7) is 2.89. The third kappa shape index (κ3) is 7.70. The average Bonchev–Trinajstić information content (AvgIpc) is 2.97. The number of carbonyl (C=O) groups is 2. The molecule has 6 nitrogen and oxygen atoms in total. The molecule has 0 aromatic heterocycles. The van der Waals surface area contributed by atoms with Gasteiger partial charge in [0.2, 0.25) is 5.91 Å². The van der Waals surface area contributed by atoms with Crippen molar-refractivity contribution >= 4 is 17.5 Å². The monoisotopic (exact) mass is 530 g/mol. The summed E-state index contributed by atoms with van der Waals surface area (Å²) in [5, 5.41) is 6.42. The van der Waals surface area contributed by atoms with Gasteiger partial charge in [0.1, 0.15) is 0 Å². The first kappa shape index (κ1) is 27.9. The summed E-state index contributed by atoms with van der Waals surface area (Å²) in [4.78, 5) is 28.9. The Kier molecular flexibility index (Phi) is 9.70. The third-order valence-corrected chi connectivity index (χ3v) is 9.21. The van der Waals surface area contributed by atoms with E-state index < -0.39 is 0 Å². The van der Waals surface area contributed by atoms with Crippen LogP contribution in [0.5, 0.6) is 0 Å². The first-order valence-corrected chi connectivity index (χ1v) is 15.3. The number of nitrogens with one attached hydrogen (secondary N) is 2. The Hall–Kier alpha value is -2.70. The summed E-state index contributed by atoms with van der Waals surface area (Å²) in [5.74, 6) is 0.785. The highest BCUT2D eigenvalue weighted by molar-refractivity contribution is 5.98. The number of nitrogens with zero attached hydrogens (tertiary/aromatic N) is 1. The van der Waals surface area contributed by atoms with E-state index in [2.05, 4.69) is 45.9 Å².